The number of benzene rings is 3. The Morgan fingerprint density at radius 2 is 1.21 bits per heavy atom. The Hall–Kier alpha value is -2.72. The predicted molar refractivity (Wildman–Crippen MR) is 114 cm³/mol. The quantitative estimate of drug-likeness (QED) is 0.564. The average molecular weight is 394 g/mol. The summed E-state index contributed by atoms with van der Waals surface area (Å²) >= 11 is 0. The van der Waals surface area contributed by atoms with Crippen molar-refractivity contribution < 1.29 is 14.6 Å². The molecule has 0 unspecified atom stereocenters. The molecule has 0 aromatic heterocycles. The Morgan fingerprint density at radius 3 is 1.61 bits per heavy atom. The lowest BCUT2D eigenvalue weighted by molar-refractivity contribution is -0.139. The zero-order valence-corrected chi connectivity index (χ0v) is 17.5. The molecule has 0 saturated heterocycles. The van der Waals surface area contributed by atoms with E-state index in [1.54, 1.807) is 0 Å². The van der Waals surface area contributed by atoms with Gasteiger partial charge in [-0.25, -0.2) is 4.79 Å². The maximum atomic E-state index is 10.9. The van der Waals surface area contributed by atoms with Crippen molar-refractivity contribution in [2.24, 2.45) is 0 Å². The van der Waals surface area contributed by atoms with E-state index in [2.05, 4.69) is 74.5 Å². The molecule has 1 N–H and O–H groups in total. The van der Waals surface area contributed by atoms with Crippen molar-refractivity contribution in [2.45, 2.75) is 42.4 Å². The van der Waals surface area contributed by atoms with Crippen molar-refractivity contribution in [3.05, 3.63) is 82.9 Å². The van der Waals surface area contributed by atoms with Crippen LogP contribution in [0, 0.1) is 27.7 Å². The van der Waals surface area contributed by atoms with Crippen LogP contribution >= 0.6 is 0 Å². The topological polar surface area (TPSA) is 46.5 Å². The monoisotopic (exact) mass is 393 g/mol. The largest absolute Gasteiger partial charge is 0.481 e. The van der Waals surface area contributed by atoms with Gasteiger partial charge in [-0.3, -0.25) is 0 Å². The molecule has 0 fully saturated rings. The summed E-state index contributed by atoms with van der Waals surface area (Å²) in [4.78, 5) is 14.6. The fourth-order valence-corrected chi connectivity index (χ4v) is 5.37. The van der Waals surface area contributed by atoms with E-state index < -0.39 is 5.97 Å². The van der Waals surface area contributed by atoms with Gasteiger partial charge in [0.2, 0.25) is 0 Å². The SMILES string of the molecule is Cc1ccc([S+](c2ccc(C)cc2)c2cc(C)c(OCC(=O)O)c(C)c2)cc1. The maximum Gasteiger partial charge on any atom is 0.341 e. The van der Waals surface area contributed by atoms with Crippen molar-refractivity contribution >= 4 is 16.9 Å². The Bertz CT molecular complexity index is 907. The molecule has 0 aliphatic carbocycles. The molecule has 0 bridgehead atoms. The van der Waals surface area contributed by atoms with Crippen molar-refractivity contribution in [1.82, 2.24) is 0 Å². The van der Waals surface area contributed by atoms with Gasteiger partial charge >= 0.3 is 5.97 Å². The van der Waals surface area contributed by atoms with Crippen LogP contribution in [0.25, 0.3) is 0 Å². The van der Waals surface area contributed by atoms with Crippen LogP contribution in [0.15, 0.2) is 75.4 Å². The second-order valence-electron chi connectivity index (χ2n) is 7.00. The number of aliphatic carboxylic acids is 1. The lowest BCUT2D eigenvalue weighted by Crippen LogP contribution is -2.12. The molecule has 0 atom stereocenters. The molecular formula is C24H25O3S+. The number of hydrogen-bond donors (Lipinski definition) is 1. The Morgan fingerprint density at radius 1 is 0.786 bits per heavy atom. The number of rotatable bonds is 6. The minimum Gasteiger partial charge on any atom is -0.481 e. The summed E-state index contributed by atoms with van der Waals surface area (Å²) in [5, 5.41) is 8.92. The molecule has 0 amide bonds. The zero-order chi connectivity index (χ0) is 20.3. The van der Waals surface area contributed by atoms with Gasteiger partial charge in [0.1, 0.15) is 5.75 Å². The van der Waals surface area contributed by atoms with E-state index in [1.807, 2.05) is 13.8 Å². The molecule has 0 saturated carbocycles. The van der Waals surface area contributed by atoms with Gasteiger partial charge in [0.25, 0.3) is 0 Å². The van der Waals surface area contributed by atoms with Gasteiger partial charge in [0.05, 0.1) is 10.9 Å². The van der Waals surface area contributed by atoms with Crippen LogP contribution in [0.2, 0.25) is 0 Å². The van der Waals surface area contributed by atoms with Crippen LogP contribution in [-0.2, 0) is 15.7 Å². The summed E-state index contributed by atoms with van der Waals surface area (Å²) in [7, 11) is -0.245. The lowest BCUT2D eigenvalue weighted by Gasteiger charge is -2.14. The first-order valence-corrected chi connectivity index (χ1v) is 10.4. The third kappa shape index (κ3) is 4.57. The standard InChI is InChI=1S/C24H24O3S/c1-16-5-9-20(10-6-16)28(21-11-7-17(2)8-12-21)22-13-18(3)24(19(4)14-22)27-15-23(25)26/h5-14H,15H2,1-4H3/p+1. The van der Waals surface area contributed by atoms with E-state index in [-0.39, 0.29) is 17.5 Å². The second-order valence-corrected chi connectivity index (χ2v) is 9.03. The van der Waals surface area contributed by atoms with Crippen LogP contribution in [0.5, 0.6) is 5.75 Å². The minimum atomic E-state index is -0.970. The summed E-state index contributed by atoms with van der Waals surface area (Å²) in [5.41, 5.74) is 4.38. The van der Waals surface area contributed by atoms with Gasteiger partial charge in [0.15, 0.2) is 21.3 Å². The minimum absolute atomic E-state index is 0.245. The summed E-state index contributed by atoms with van der Waals surface area (Å²) in [6, 6.07) is 21.6. The van der Waals surface area contributed by atoms with E-state index in [1.165, 1.54) is 25.8 Å². The molecule has 0 heterocycles. The molecule has 3 aromatic rings. The van der Waals surface area contributed by atoms with Crippen molar-refractivity contribution in [1.29, 1.82) is 0 Å². The van der Waals surface area contributed by atoms with Gasteiger partial charge in [-0.15, -0.1) is 0 Å². The molecule has 3 nitrogen and oxygen atoms in total. The molecular weight excluding hydrogens is 368 g/mol. The molecule has 0 aliphatic rings. The summed E-state index contributed by atoms with van der Waals surface area (Å²) in [6.45, 7) is 7.80. The lowest BCUT2D eigenvalue weighted by atomic mass is 10.1. The van der Waals surface area contributed by atoms with Crippen molar-refractivity contribution in [3.8, 4) is 5.75 Å². The highest BCUT2D eigenvalue weighted by Crippen LogP contribution is 2.35. The third-order valence-electron chi connectivity index (χ3n) is 4.52. The van der Waals surface area contributed by atoms with Gasteiger partial charge < -0.3 is 9.84 Å². The zero-order valence-electron chi connectivity index (χ0n) is 16.7. The highest BCUT2D eigenvalue weighted by atomic mass is 32.2. The van der Waals surface area contributed by atoms with E-state index in [0.29, 0.717) is 5.75 Å². The third-order valence-corrected chi connectivity index (χ3v) is 6.72. The van der Waals surface area contributed by atoms with Gasteiger partial charge in [0, 0.05) is 12.1 Å². The van der Waals surface area contributed by atoms with Crippen molar-refractivity contribution in [2.75, 3.05) is 6.61 Å². The summed E-state index contributed by atoms with van der Waals surface area (Å²) < 4.78 is 5.51. The first-order valence-electron chi connectivity index (χ1n) is 9.18. The fraction of sp³-hybridized carbons (Fsp3) is 0.208. The maximum absolute atomic E-state index is 10.9. The summed E-state index contributed by atoms with van der Waals surface area (Å²) in [6.07, 6.45) is 0. The highest BCUT2D eigenvalue weighted by molar-refractivity contribution is 7.97. The number of aryl methyl sites for hydroxylation is 4. The Balaban J connectivity index is 2.08. The molecule has 0 radical (unpaired) electrons. The van der Waals surface area contributed by atoms with Crippen LogP contribution in [0.3, 0.4) is 0 Å². The molecule has 0 spiro atoms. The van der Waals surface area contributed by atoms with E-state index >= 15 is 0 Å². The van der Waals surface area contributed by atoms with Gasteiger partial charge in [-0.2, -0.15) is 0 Å². The molecule has 3 aromatic carbocycles. The Kier molecular flexibility index (Phi) is 6.10. The predicted octanol–water partition coefficient (Wildman–Crippen LogP) is 5.48. The number of carboxylic acids is 1. The van der Waals surface area contributed by atoms with E-state index in [9.17, 15) is 4.79 Å². The number of carbonyl (C=O) groups is 1. The van der Waals surface area contributed by atoms with Gasteiger partial charge in [-0.05, 0) is 63.1 Å². The van der Waals surface area contributed by atoms with E-state index in [0.717, 1.165) is 11.1 Å². The smallest absolute Gasteiger partial charge is 0.341 e. The van der Waals surface area contributed by atoms with Crippen LogP contribution < -0.4 is 4.74 Å². The first kappa shape index (κ1) is 20.0. The molecule has 0 aliphatic heterocycles. The second kappa shape index (κ2) is 8.53. The van der Waals surface area contributed by atoms with Crippen LogP contribution in [0.4, 0.5) is 0 Å². The van der Waals surface area contributed by atoms with E-state index in [4.69, 9.17) is 9.84 Å². The summed E-state index contributed by atoms with van der Waals surface area (Å²) in [5.74, 6) is -0.315. The van der Waals surface area contributed by atoms with Crippen LogP contribution in [-0.4, -0.2) is 17.7 Å². The Labute approximate surface area is 169 Å². The van der Waals surface area contributed by atoms with Crippen molar-refractivity contribution in [3.63, 3.8) is 0 Å². The molecule has 4 heteroatoms. The fourth-order valence-electron chi connectivity index (χ4n) is 3.15. The molecule has 3 rings (SSSR count). The number of carboxylic acid groups (broad SMARTS) is 1. The van der Waals surface area contributed by atoms with Gasteiger partial charge in [-0.1, -0.05) is 35.4 Å². The average Bonchev–Trinajstić information content (AvgIpc) is 2.64. The normalized spacial score (nSPS) is 10.9. The highest BCUT2D eigenvalue weighted by Gasteiger charge is 2.30. The first-order chi connectivity index (χ1) is 13.3. The number of ether oxygens (including phenoxy) is 1. The van der Waals surface area contributed by atoms with Crippen LogP contribution in [0.1, 0.15) is 22.3 Å². The molecule has 144 valence electrons. The number of hydrogen-bond acceptors (Lipinski definition) is 2. The molecule has 28 heavy (non-hydrogen) atoms.